The van der Waals surface area contributed by atoms with Crippen molar-refractivity contribution < 1.29 is 9.47 Å². The van der Waals surface area contributed by atoms with Crippen molar-refractivity contribution in [1.29, 1.82) is 0 Å². The molecule has 4 rings (SSSR count). The molecule has 122 valence electrons. The summed E-state index contributed by atoms with van der Waals surface area (Å²) in [6.45, 7) is 0. The van der Waals surface area contributed by atoms with Crippen LogP contribution >= 0.6 is 0 Å². The molecule has 0 radical (unpaired) electrons. The van der Waals surface area contributed by atoms with E-state index in [2.05, 4.69) is 0 Å². The van der Waals surface area contributed by atoms with Gasteiger partial charge in [0, 0.05) is 10.9 Å². The van der Waals surface area contributed by atoms with Gasteiger partial charge in [-0.15, -0.1) is 0 Å². The summed E-state index contributed by atoms with van der Waals surface area (Å²) in [5.74, 6) is 2.29. The van der Waals surface area contributed by atoms with Crippen LogP contribution in [0.3, 0.4) is 0 Å². The standard InChI is InChI=1S/C22H17NO2/c1-24-19-12-7-9-17(14-19)22-21(25-18-10-3-2-4-11-18)15-16-8-5-6-13-20(16)23-22/h2-15H,1H3. The molecule has 3 heteroatoms. The van der Waals surface area contributed by atoms with E-state index in [0.717, 1.165) is 39.4 Å². The maximum atomic E-state index is 6.14. The molecule has 0 aliphatic carbocycles. The Hall–Kier alpha value is -3.33. The quantitative estimate of drug-likeness (QED) is 0.481. The van der Waals surface area contributed by atoms with Crippen molar-refractivity contribution in [3.8, 4) is 28.5 Å². The molecule has 0 unspecified atom stereocenters. The van der Waals surface area contributed by atoms with E-state index in [1.165, 1.54) is 0 Å². The van der Waals surface area contributed by atoms with Crippen LogP contribution < -0.4 is 9.47 Å². The number of hydrogen-bond donors (Lipinski definition) is 0. The third-order valence-electron chi connectivity index (χ3n) is 4.00. The van der Waals surface area contributed by atoms with E-state index in [4.69, 9.17) is 14.5 Å². The summed E-state index contributed by atoms with van der Waals surface area (Å²) < 4.78 is 11.5. The molecule has 0 fully saturated rings. The first-order valence-electron chi connectivity index (χ1n) is 8.10. The van der Waals surface area contributed by atoms with Gasteiger partial charge < -0.3 is 9.47 Å². The zero-order valence-corrected chi connectivity index (χ0v) is 13.8. The first-order chi connectivity index (χ1) is 12.3. The van der Waals surface area contributed by atoms with Gasteiger partial charge >= 0.3 is 0 Å². The van der Waals surface area contributed by atoms with E-state index >= 15 is 0 Å². The predicted molar refractivity (Wildman–Crippen MR) is 100 cm³/mol. The Morgan fingerprint density at radius 2 is 1.48 bits per heavy atom. The first kappa shape index (κ1) is 15.2. The predicted octanol–water partition coefficient (Wildman–Crippen LogP) is 5.70. The van der Waals surface area contributed by atoms with Gasteiger partial charge in [-0.05, 0) is 36.4 Å². The third kappa shape index (κ3) is 3.17. The zero-order chi connectivity index (χ0) is 17.1. The number of benzene rings is 3. The number of pyridine rings is 1. The van der Waals surface area contributed by atoms with Crippen LogP contribution in [0.2, 0.25) is 0 Å². The molecule has 0 spiro atoms. The molecule has 0 saturated carbocycles. The van der Waals surface area contributed by atoms with Gasteiger partial charge in [0.1, 0.15) is 17.2 Å². The van der Waals surface area contributed by atoms with Crippen LogP contribution in [-0.4, -0.2) is 12.1 Å². The van der Waals surface area contributed by atoms with Gasteiger partial charge in [-0.1, -0.05) is 48.5 Å². The second kappa shape index (κ2) is 6.65. The molecule has 1 heterocycles. The van der Waals surface area contributed by atoms with Crippen molar-refractivity contribution >= 4 is 10.9 Å². The Morgan fingerprint density at radius 1 is 0.720 bits per heavy atom. The molecule has 0 atom stereocenters. The minimum absolute atomic E-state index is 0.721. The Labute approximate surface area is 146 Å². The highest BCUT2D eigenvalue weighted by Gasteiger charge is 2.12. The van der Waals surface area contributed by atoms with Gasteiger partial charge in [0.05, 0.1) is 12.6 Å². The molecule has 0 aliphatic heterocycles. The summed E-state index contributed by atoms with van der Waals surface area (Å²) in [5, 5.41) is 1.04. The lowest BCUT2D eigenvalue weighted by molar-refractivity contribution is 0.415. The lowest BCUT2D eigenvalue weighted by atomic mass is 10.1. The molecule has 0 amide bonds. The van der Waals surface area contributed by atoms with Crippen LogP contribution in [0, 0.1) is 0 Å². The van der Waals surface area contributed by atoms with Crippen molar-refractivity contribution in [3.05, 3.63) is 84.9 Å². The largest absolute Gasteiger partial charge is 0.497 e. The summed E-state index contributed by atoms with van der Waals surface area (Å²) in [4.78, 5) is 4.84. The number of fused-ring (bicyclic) bond motifs is 1. The smallest absolute Gasteiger partial charge is 0.154 e. The van der Waals surface area contributed by atoms with E-state index < -0.39 is 0 Å². The number of nitrogens with zero attached hydrogens (tertiary/aromatic N) is 1. The highest BCUT2D eigenvalue weighted by atomic mass is 16.5. The number of rotatable bonds is 4. The van der Waals surface area contributed by atoms with Gasteiger partial charge in [-0.2, -0.15) is 0 Å². The SMILES string of the molecule is COc1cccc(-c2nc3ccccc3cc2Oc2ccccc2)c1. The number of hydrogen-bond acceptors (Lipinski definition) is 3. The summed E-state index contributed by atoms with van der Waals surface area (Å²) in [6, 6.07) is 27.7. The number of ether oxygens (including phenoxy) is 2. The van der Waals surface area contributed by atoms with Gasteiger partial charge in [0.25, 0.3) is 0 Å². The van der Waals surface area contributed by atoms with Gasteiger partial charge in [0.2, 0.25) is 0 Å². The van der Waals surface area contributed by atoms with Crippen LogP contribution in [0.1, 0.15) is 0 Å². The first-order valence-corrected chi connectivity index (χ1v) is 8.10. The lowest BCUT2D eigenvalue weighted by Gasteiger charge is -2.13. The summed E-state index contributed by atoms with van der Waals surface area (Å²) in [6.07, 6.45) is 0. The molecule has 0 bridgehead atoms. The highest BCUT2D eigenvalue weighted by molar-refractivity contribution is 5.85. The minimum Gasteiger partial charge on any atom is -0.497 e. The highest BCUT2D eigenvalue weighted by Crippen LogP contribution is 2.35. The summed E-state index contributed by atoms with van der Waals surface area (Å²) >= 11 is 0. The van der Waals surface area contributed by atoms with E-state index in [-0.39, 0.29) is 0 Å². The van der Waals surface area contributed by atoms with Gasteiger partial charge in [-0.3, -0.25) is 0 Å². The Bertz CT molecular complexity index is 1010. The summed E-state index contributed by atoms with van der Waals surface area (Å²) in [7, 11) is 1.66. The number of methoxy groups -OCH3 is 1. The van der Waals surface area contributed by atoms with Crippen LogP contribution in [0.5, 0.6) is 17.2 Å². The van der Waals surface area contributed by atoms with Crippen LogP contribution in [0.15, 0.2) is 84.9 Å². The maximum absolute atomic E-state index is 6.14. The second-order valence-corrected chi connectivity index (χ2v) is 5.67. The van der Waals surface area contributed by atoms with Crippen molar-refractivity contribution in [2.24, 2.45) is 0 Å². The van der Waals surface area contributed by atoms with Crippen LogP contribution in [0.4, 0.5) is 0 Å². The van der Waals surface area contributed by atoms with E-state index in [9.17, 15) is 0 Å². The van der Waals surface area contributed by atoms with Crippen LogP contribution in [-0.2, 0) is 0 Å². The Morgan fingerprint density at radius 3 is 2.32 bits per heavy atom. The van der Waals surface area contributed by atoms with Crippen molar-refractivity contribution in [1.82, 2.24) is 4.98 Å². The molecule has 3 nitrogen and oxygen atoms in total. The zero-order valence-electron chi connectivity index (χ0n) is 13.8. The maximum Gasteiger partial charge on any atom is 0.154 e. The van der Waals surface area contributed by atoms with Gasteiger partial charge in [-0.25, -0.2) is 4.98 Å². The fourth-order valence-electron chi connectivity index (χ4n) is 2.77. The fraction of sp³-hybridized carbons (Fsp3) is 0.0455. The molecule has 25 heavy (non-hydrogen) atoms. The number of aromatic nitrogens is 1. The fourth-order valence-corrected chi connectivity index (χ4v) is 2.77. The average Bonchev–Trinajstić information content (AvgIpc) is 2.68. The lowest BCUT2D eigenvalue weighted by Crippen LogP contribution is -1.93. The molecule has 1 aromatic heterocycles. The van der Waals surface area contributed by atoms with Crippen molar-refractivity contribution in [2.75, 3.05) is 7.11 Å². The molecular formula is C22H17NO2. The van der Waals surface area contributed by atoms with Crippen LogP contribution in [0.25, 0.3) is 22.2 Å². The molecule has 0 N–H and O–H groups in total. The average molecular weight is 327 g/mol. The molecule has 0 saturated heterocycles. The van der Waals surface area contributed by atoms with Crippen molar-refractivity contribution in [3.63, 3.8) is 0 Å². The summed E-state index contributed by atoms with van der Waals surface area (Å²) in [5.41, 5.74) is 2.68. The third-order valence-corrected chi connectivity index (χ3v) is 4.00. The Kier molecular flexibility index (Phi) is 4.05. The molecule has 4 aromatic rings. The van der Waals surface area contributed by atoms with E-state index in [1.54, 1.807) is 7.11 Å². The Balaban J connectivity index is 1.89. The van der Waals surface area contributed by atoms with Crippen molar-refractivity contribution in [2.45, 2.75) is 0 Å². The molecular weight excluding hydrogens is 310 g/mol. The van der Waals surface area contributed by atoms with E-state index in [1.807, 2.05) is 84.9 Å². The minimum atomic E-state index is 0.721. The molecule has 0 aliphatic rings. The second-order valence-electron chi connectivity index (χ2n) is 5.67. The topological polar surface area (TPSA) is 31.4 Å². The normalized spacial score (nSPS) is 10.6. The van der Waals surface area contributed by atoms with Gasteiger partial charge in [0.15, 0.2) is 5.75 Å². The number of para-hydroxylation sites is 2. The van der Waals surface area contributed by atoms with E-state index in [0.29, 0.717) is 0 Å². The molecule has 3 aromatic carbocycles. The monoisotopic (exact) mass is 327 g/mol.